The number of carbonyl (C=O) groups is 3. The Morgan fingerprint density at radius 3 is 2.56 bits per heavy atom. The molecule has 0 spiro atoms. The minimum atomic E-state index is -1.14. The maximum atomic E-state index is 13.9. The van der Waals surface area contributed by atoms with E-state index in [2.05, 4.69) is 15.6 Å². The lowest BCUT2D eigenvalue weighted by atomic mass is 9.77. The maximum absolute atomic E-state index is 13.9. The SMILES string of the molecule is CN(C)C(=O)C(=O)NC12CCC(CC1)Cn1c2nc(C(=O)NCc2ccccc2F)c(O)c1=O. The quantitative estimate of drug-likeness (QED) is 0.560. The second-order valence-electron chi connectivity index (χ2n) is 9.00. The van der Waals surface area contributed by atoms with E-state index in [-0.39, 0.29) is 30.4 Å². The van der Waals surface area contributed by atoms with Gasteiger partial charge in [-0.15, -0.1) is 0 Å². The minimum absolute atomic E-state index is 0.131. The number of aromatic hydroxyl groups is 1. The Hall–Kier alpha value is -3.76. The molecular formula is C23H26FN5O5. The topological polar surface area (TPSA) is 134 Å². The minimum Gasteiger partial charge on any atom is -0.501 e. The first-order valence-corrected chi connectivity index (χ1v) is 11.0. The average Bonchev–Trinajstić information content (AvgIpc) is 3.06. The summed E-state index contributed by atoms with van der Waals surface area (Å²) in [6.45, 7) is 0.109. The molecule has 10 nitrogen and oxygen atoms in total. The van der Waals surface area contributed by atoms with Gasteiger partial charge in [-0.05, 0) is 37.7 Å². The van der Waals surface area contributed by atoms with Crippen LogP contribution in [0.15, 0.2) is 29.1 Å². The molecule has 1 aliphatic carbocycles. The van der Waals surface area contributed by atoms with E-state index in [0.717, 1.165) is 4.90 Å². The maximum Gasteiger partial charge on any atom is 0.311 e. The molecule has 1 aromatic heterocycles. The number of benzene rings is 1. The monoisotopic (exact) mass is 471 g/mol. The van der Waals surface area contributed by atoms with Crippen molar-refractivity contribution in [3.05, 3.63) is 57.5 Å². The molecule has 1 saturated carbocycles. The molecule has 0 unspecified atom stereocenters. The summed E-state index contributed by atoms with van der Waals surface area (Å²) in [6.07, 6.45) is 2.21. The molecule has 1 fully saturated rings. The molecule has 2 aromatic rings. The van der Waals surface area contributed by atoms with E-state index >= 15 is 0 Å². The van der Waals surface area contributed by atoms with Crippen LogP contribution >= 0.6 is 0 Å². The Bertz CT molecular complexity index is 1220. The van der Waals surface area contributed by atoms with Crippen LogP contribution in [0, 0.1) is 11.7 Å². The van der Waals surface area contributed by atoms with Gasteiger partial charge in [0.1, 0.15) is 11.6 Å². The summed E-state index contributed by atoms with van der Waals surface area (Å²) in [5.74, 6) is -3.51. The number of carbonyl (C=O) groups excluding carboxylic acids is 3. The van der Waals surface area contributed by atoms with Crippen LogP contribution in [-0.4, -0.2) is 51.4 Å². The van der Waals surface area contributed by atoms with Gasteiger partial charge in [-0.25, -0.2) is 9.37 Å². The van der Waals surface area contributed by atoms with Crippen LogP contribution in [-0.2, 0) is 28.2 Å². The zero-order chi connectivity index (χ0) is 24.6. The normalized spacial score (nSPS) is 20.7. The van der Waals surface area contributed by atoms with Crippen molar-refractivity contribution in [2.45, 2.75) is 44.3 Å². The molecule has 3 heterocycles. The van der Waals surface area contributed by atoms with Crippen molar-refractivity contribution in [1.82, 2.24) is 25.1 Å². The molecule has 3 N–H and O–H groups in total. The summed E-state index contributed by atoms with van der Waals surface area (Å²) in [4.78, 5) is 56.3. The van der Waals surface area contributed by atoms with Crippen LogP contribution in [0.1, 0.15) is 47.6 Å². The van der Waals surface area contributed by atoms with Crippen LogP contribution in [0.4, 0.5) is 4.39 Å². The van der Waals surface area contributed by atoms with Crippen LogP contribution in [0.5, 0.6) is 5.75 Å². The fourth-order valence-corrected chi connectivity index (χ4v) is 4.63. The number of hydrogen-bond acceptors (Lipinski definition) is 6. The molecule has 0 atom stereocenters. The molecular weight excluding hydrogens is 445 g/mol. The number of likely N-dealkylation sites (N-methyl/N-ethyl adjacent to an activating group) is 1. The highest BCUT2D eigenvalue weighted by Crippen LogP contribution is 2.42. The Kier molecular flexibility index (Phi) is 6.11. The molecule has 2 aliphatic heterocycles. The van der Waals surface area contributed by atoms with E-state index in [4.69, 9.17) is 0 Å². The molecule has 1 aromatic carbocycles. The lowest BCUT2D eigenvalue weighted by molar-refractivity contribution is -0.145. The van der Waals surface area contributed by atoms with Crippen molar-refractivity contribution in [3.63, 3.8) is 0 Å². The number of amides is 3. The van der Waals surface area contributed by atoms with E-state index in [9.17, 15) is 28.7 Å². The van der Waals surface area contributed by atoms with E-state index in [1.165, 1.54) is 36.9 Å². The number of nitrogens with zero attached hydrogens (tertiary/aromatic N) is 3. The van der Waals surface area contributed by atoms with Crippen LogP contribution in [0.3, 0.4) is 0 Å². The zero-order valence-electron chi connectivity index (χ0n) is 18.9. The second-order valence-corrected chi connectivity index (χ2v) is 9.00. The van der Waals surface area contributed by atoms with Gasteiger partial charge in [-0.2, -0.15) is 0 Å². The Balaban J connectivity index is 1.72. The molecule has 3 aliphatic rings. The summed E-state index contributed by atoms with van der Waals surface area (Å²) in [6, 6.07) is 5.89. The Labute approximate surface area is 194 Å². The highest BCUT2D eigenvalue weighted by atomic mass is 19.1. The van der Waals surface area contributed by atoms with Gasteiger partial charge >= 0.3 is 11.8 Å². The largest absolute Gasteiger partial charge is 0.501 e. The number of fused-ring (bicyclic) bond motifs is 2. The van der Waals surface area contributed by atoms with Crippen LogP contribution in [0.2, 0.25) is 0 Å². The first kappa shape index (κ1) is 23.4. The van der Waals surface area contributed by atoms with Crippen molar-refractivity contribution in [2.24, 2.45) is 5.92 Å². The van der Waals surface area contributed by atoms with E-state index in [1.54, 1.807) is 6.07 Å². The average molecular weight is 471 g/mol. The summed E-state index contributed by atoms with van der Waals surface area (Å²) in [7, 11) is 2.91. The van der Waals surface area contributed by atoms with Gasteiger partial charge in [-0.3, -0.25) is 23.7 Å². The Morgan fingerprint density at radius 1 is 1.24 bits per heavy atom. The van der Waals surface area contributed by atoms with Crippen molar-refractivity contribution in [3.8, 4) is 5.75 Å². The molecule has 34 heavy (non-hydrogen) atoms. The number of rotatable bonds is 4. The lowest BCUT2D eigenvalue weighted by Gasteiger charge is -2.37. The van der Waals surface area contributed by atoms with Gasteiger partial charge in [0.15, 0.2) is 5.69 Å². The number of aromatic nitrogens is 2. The summed E-state index contributed by atoms with van der Waals surface area (Å²) >= 11 is 0. The fourth-order valence-electron chi connectivity index (χ4n) is 4.63. The second kappa shape index (κ2) is 8.88. The molecule has 11 heteroatoms. The van der Waals surface area contributed by atoms with Gasteiger partial charge in [0.05, 0.1) is 5.54 Å². The molecule has 3 amide bonds. The summed E-state index contributed by atoms with van der Waals surface area (Å²) < 4.78 is 15.2. The first-order valence-electron chi connectivity index (χ1n) is 11.0. The fraction of sp³-hybridized carbons (Fsp3) is 0.435. The highest BCUT2D eigenvalue weighted by molar-refractivity contribution is 6.35. The molecule has 0 radical (unpaired) electrons. The number of hydrogen-bond donors (Lipinski definition) is 3. The van der Waals surface area contributed by atoms with Crippen LogP contribution < -0.4 is 16.2 Å². The predicted octanol–water partition coefficient (Wildman–Crippen LogP) is 0.621. The van der Waals surface area contributed by atoms with Gasteiger partial charge in [-0.1, -0.05) is 18.2 Å². The van der Waals surface area contributed by atoms with E-state index in [0.29, 0.717) is 25.7 Å². The van der Waals surface area contributed by atoms with Gasteiger partial charge < -0.3 is 20.6 Å². The standard InChI is InChI=1S/C23H26FN5O5/c1-28(2)21(34)19(32)27-23-9-7-13(8-10-23)12-29-20(33)17(30)16(26-22(23)29)18(31)25-11-14-5-3-4-6-15(14)24/h3-6,13,30H,7-12H2,1-2H3,(H,25,31)(H,27,32). The third kappa shape index (κ3) is 4.13. The van der Waals surface area contributed by atoms with Crippen molar-refractivity contribution in [1.29, 1.82) is 0 Å². The molecule has 2 bridgehead atoms. The van der Waals surface area contributed by atoms with Crippen molar-refractivity contribution < 1.29 is 23.9 Å². The third-order valence-corrected chi connectivity index (χ3v) is 6.54. The first-order chi connectivity index (χ1) is 16.1. The number of halogens is 1. The summed E-state index contributed by atoms with van der Waals surface area (Å²) in [5, 5.41) is 15.7. The van der Waals surface area contributed by atoms with Gasteiger partial charge in [0.25, 0.3) is 11.5 Å². The van der Waals surface area contributed by atoms with Crippen molar-refractivity contribution in [2.75, 3.05) is 14.1 Å². The van der Waals surface area contributed by atoms with E-state index in [1.807, 2.05) is 0 Å². The summed E-state index contributed by atoms with van der Waals surface area (Å²) in [5.41, 5.74) is -2.22. The van der Waals surface area contributed by atoms with Crippen molar-refractivity contribution >= 4 is 17.7 Å². The smallest absolute Gasteiger partial charge is 0.311 e. The molecule has 5 rings (SSSR count). The van der Waals surface area contributed by atoms with E-state index < -0.39 is 46.1 Å². The van der Waals surface area contributed by atoms with Crippen LogP contribution in [0.25, 0.3) is 0 Å². The predicted molar refractivity (Wildman–Crippen MR) is 118 cm³/mol. The highest BCUT2D eigenvalue weighted by Gasteiger charge is 2.46. The molecule has 180 valence electrons. The molecule has 0 saturated heterocycles. The Morgan fingerprint density at radius 2 is 1.91 bits per heavy atom. The van der Waals surface area contributed by atoms with Gasteiger partial charge in [0, 0.05) is 32.7 Å². The third-order valence-electron chi connectivity index (χ3n) is 6.54. The zero-order valence-corrected chi connectivity index (χ0v) is 18.9. The lowest BCUT2D eigenvalue weighted by Crippen LogP contribution is -2.53. The number of nitrogens with one attached hydrogen (secondary N) is 2. The van der Waals surface area contributed by atoms with Gasteiger partial charge in [0.2, 0.25) is 5.75 Å².